The van der Waals surface area contributed by atoms with Gasteiger partial charge in [0, 0.05) is 18.0 Å². The Morgan fingerprint density at radius 1 is 0.938 bits per heavy atom. The highest BCUT2D eigenvalue weighted by Gasteiger charge is 2.31. The molecule has 3 rings (SSSR count). The summed E-state index contributed by atoms with van der Waals surface area (Å²) < 4.78 is 1.74. The molecule has 0 fully saturated rings. The lowest BCUT2D eigenvalue weighted by Gasteiger charge is -2.18. The highest BCUT2D eigenvalue weighted by molar-refractivity contribution is 6.17. The zero-order valence-corrected chi connectivity index (χ0v) is 8.63. The van der Waals surface area contributed by atoms with Crippen molar-refractivity contribution in [3.63, 3.8) is 0 Å². The van der Waals surface area contributed by atoms with Gasteiger partial charge in [-0.2, -0.15) is 0 Å². The minimum absolute atomic E-state index is 0.0307. The Balaban J connectivity index is 2.15. The molecule has 0 aliphatic carbocycles. The summed E-state index contributed by atoms with van der Waals surface area (Å²) in [5.41, 5.74) is 2.33. The molecule has 0 bridgehead atoms. The van der Waals surface area contributed by atoms with Crippen LogP contribution >= 0.6 is 0 Å². The van der Waals surface area contributed by atoms with Crippen LogP contribution in [0.25, 0.3) is 5.70 Å². The van der Waals surface area contributed by atoms with Crippen molar-refractivity contribution in [3.8, 4) is 0 Å². The van der Waals surface area contributed by atoms with E-state index in [1.165, 1.54) is 0 Å². The van der Waals surface area contributed by atoms with Gasteiger partial charge in [-0.15, -0.1) is 0 Å². The molecule has 3 nitrogen and oxygen atoms in total. The number of aromatic nitrogens is 1. The number of carbonyl (C=O) groups excluding carboxylic acids is 1. The van der Waals surface area contributed by atoms with E-state index in [1.54, 1.807) is 9.69 Å². The molecule has 1 aliphatic rings. The van der Waals surface area contributed by atoms with Crippen molar-refractivity contribution in [1.29, 1.82) is 0 Å². The summed E-state index contributed by atoms with van der Waals surface area (Å²) in [6.07, 6.45) is 3.66. The van der Waals surface area contributed by atoms with Crippen LogP contribution in [0.3, 0.4) is 0 Å². The largest absolute Gasteiger partial charge is 0.278 e. The molecule has 0 spiro atoms. The normalized spacial score (nSPS) is 14.4. The number of amides is 1. The molecule has 1 amide bonds. The third kappa shape index (κ3) is 1.05. The van der Waals surface area contributed by atoms with Gasteiger partial charge in [0.15, 0.2) is 0 Å². The zero-order chi connectivity index (χ0) is 11.1. The fourth-order valence-electron chi connectivity index (χ4n) is 1.98. The third-order valence-corrected chi connectivity index (χ3v) is 2.74. The molecule has 2 aromatic rings. The molecule has 16 heavy (non-hydrogen) atoms. The van der Waals surface area contributed by atoms with Crippen molar-refractivity contribution in [1.82, 2.24) is 4.68 Å². The molecule has 2 heterocycles. The maximum absolute atomic E-state index is 12.1. The number of fused-ring (bicyclic) bond motifs is 1. The van der Waals surface area contributed by atoms with Crippen LogP contribution in [0.2, 0.25) is 0 Å². The molecule has 0 saturated heterocycles. The van der Waals surface area contributed by atoms with Crippen LogP contribution in [0, 0.1) is 0 Å². The van der Waals surface area contributed by atoms with E-state index in [9.17, 15) is 4.79 Å². The van der Waals surface area contributed by atoms with Crippen molar-refractivity contribution in [2.45, 2.75) is 0 Å². The number of rotatable bonds is 1. The molecule has 0 saturated carbocycles. The molecular weight excluding hydrogens is 200 g/mol. The summed E-state index contributed by atoms with van der Waals surface area (Å²) in [6.45, 7) is 3.97. The first-order valence-corrected chi connectivity index (χ1v) is 5.05. The van der Waals surface area contributed by atoms with E-state index < -0.39 is 0 Å². The average Bonchev–Trinajstić information content (AvgIpc) is 2.89. The Hall–Kier alpha value is -2.29. The summed E-state index contributed by atoms with van der Waals surface area (Å²) in [4.78, 5) is 12.1. The zero-order valence-electron chi connectivity index (χ0n) is 8.63. The standard InChI is InChI=1S/C13H10N2O/c1-10-11-6-2-3-7-12(11)13(16)15(10)14-8-4-5-9-14/h2-9H,1H2. The Labute approximate surface area is 93.2 Å². The van der Waals surface area contributed by atoms with Crippen molar-refractivity contribution < 1.29 is 4.79 Å². The second-order valence-electron chi connectivity index (χ2n) is 3.67. The van der Waals surface area contributed by atoms with E-state index in [0.29, 0.717) is 5.56 Å². The van der Waals surface area contributed by atoms with E-state index >= 15 is 0 Å². The smallest absolute Gasteiger partial charge is 0.267 e. The van der Waals surface area contributed by atoms with Gasteiger partial charge in [0.25, 0.3) is 5.91 Å². The number of carbonyl (C=O) groups is 1. The van der Waals surface area contributed by atoms with Crippen molar-refractivity contribution >= 4 is 11.6 Å². The second kappa shape index (κ2) is 3.10. The van der Waals surface area contributed by atoms with Gasteiger partial charge in [0.2, 0.25) is 0 Å². The van der Waals surface area contributed by atoms with Gasteiger partial charge >= 0.3 is 0 Å². The van der Waals surface area contributed by atoms with Gasteiger partial charge in [-0.25, -0.2) is 5.01 Å². The lowest BCUT2D eigenvalue weighted by molar-refractivity contribution is 0.0984. The average molecular weight is 210 g/mol. The van der Waals surface area contributed by atoms with Gasteiger partial charge in [-0.3, -0.25) is 9.47 Å². The monoisotopic (exact) mass is 210 g/mol. The van der Waals surface area contributed by atoms with Gasteiger partial charge in [0.1, 0.15) is 0 Å². The lowest BCUT2D eigenvalue weighted by atomic mass is 10.1. The molecular formula is C13H10N2O. The Morgan fingerprint density at radius 3 is 2.19 bits per heavy atom. The van der Waals surface area contributed by atoms with Gasteiger partial charge in [-0.05, 0) is 18.2 Å². The molecule has 0 atom stereocenters. The van der Waals surface area contributed by atoms with Crippen LogP contribution in [0.1, 0.15) is 15.9 Å². The second-order valence-corrected chi connectivity index (χ2v) is 3.67. The van der Waals surface area contributed by atoms with Crippen molar-refractivity contribution in [2.75, 3.05) is 5.01 Å². The fraction of sp³-hybridized carbons (Fsp3) is 0. The topological polar surface area (TPSA) is 25.2 Å². The first-order valence-electron chi connectivity index (χ1n) is 5.05. The van der Waals surface area contributed by atoms with Crippen LogP contribution in [0.5, 0.6) is 0 Å². The van der Waals surface area contributed by atoms with Gasteiger partial charge < -0.3 is 0 Å². The van der Waals surface area contributed by atoms with E-state index in [4.69, 9.17) is 0 Å². The first kappa shape index (κ1) is 8.97. The van der Waals surface area contributed by atoms with E-state index in [0.717, 1.165) is 11.3 Å². The number of hydrogen-bond donors (Lipinski definition) is 0. The number of benzene rings is 1. The Bertz CT molecular complexity index is 534. The van der Waals surface area contributed by atoms with Crippen molar-refractivity contribution in [2.24, 2.45) is 0 Å². The maximum Gasteiger partial charge on any atom is 0.278 e. The Kier molecular flexibility index (Phi) is 1.74. The van der Waals surface area contributed by atoms with Crippen LogP contribution < -0.4 is 5.01 Å². The summed E-state index contributed by atoms with van der Waals surface area (Å²) in [5.74, 6) is -0.0307. The molecule has 1 aromatic heterocycles. The Morgan fingerprint density at radius 2 is 1.56 bits per heavy atom. The molecule has 78 valence electrons. The highest BCUT2D eigenvalue weighted by Crippen LogP contribution is 2.29. The fourth-order valence-corrected chi connectivity index (χ4v) is 1.98. The quantitative estimate of drug-likeness (QED) is 0.708. The van der Waals surface area contributed by atoms with Crippen LogP contribution in [-0.4, -0.2) is 10.6 Å². The van der Waals surface area contributed by atoms with Crippen LogP contribution in [-0.2, 0) is 0 Å². The summed E-state index contributed by atoms with van der Waals surface area (Å²) in [6, 6.07) is 11.3. The minimum Gasteiger partial charge on any atom is -0.267 e. The molecule has 1 aromatic carbocycles. The molecule has 0 radical (unpaired) electrons. The third-order valence-electron chi connectivity index (χ3n) is 2.74. The predicted molar refractivity (Wildman–Crippen MR) is 62.5 cm³/mol. The van der Waals surface area contributed by atoms with Crippen LogP contribution in [0.15, 0.2) is 55.4 Å². The first-order chi connectivity index (χ1) is 7.79. The van der Waals surface area contributed by atoms with E-state index in [1.807, 2.05) is 48.8 Å². The molecule has 0 unspecified atom stereocenters. The lowest BCUT2D eigenvalue weighted by Crippen LogP contribution is -2.32. The molecule has 1 aliphatic heterocycles. The van der Waals surface area contributed by atoms with Crippen molar-refractivity contribution in [3.05, 3.63) is 66.5 Å². The minimum atomic E-state index is -0.0307. The van der Waals surface area contributed by atoms with E-state index in [2.05, 4.69) is 6.58 Å². The highest BCUT2D eigenvalue weighted by atomic mass is 16.2. The summed E-state index contributed by atoms with van der Waals surface area (Å²) in [5, 5.41) is 1.57. The van der Waals surface area contributed by atoms with Gasteiger partial charge in [-0.1, -0.05) is 24.8 Å². The van der Waals surface area contributed by atoms with Crippen LogP contribution in [0.4, 0.5) is 0 Å². The number of hydrogen-bond acceptors (Lipinski definition) is 1. The van der Waals surface area contributed by atoms with Gasteiger partial charge in [0.05, 0.1) is 11.3 Å². The summed E-state index contributed by atoms with van der Waals surface area (Å²) >= 11 is 0. The maximum atomic E-state index is 12.1. The SMILES string of the molecule is C=C1c2ccccc2C(=O)N1n1cccc1. The molecule has 3 heteroatoms. The van der Waals surface area contributed by atoms with E-state index in [-0.39, 0.29) is 5.91 Å². The predicted octanol–water partition coefficient (Wildman–Crippen LogP) is 2.25. The number of nitrogens with zero attached hydrogens (tertiary/aromatic N) is 2. The molecule has 0 N–H and O–H groups in total. The summed E-state index contributed by atoms with van der Waals surface area (Å²) in [7, 11) is 0.